The molecule has 0 amide bonds. The molecule has 1 aromatic carbocycles. The normalized spacial score (nSPS) is 12.5. The molecule has 0 bridgehead atoms. The number of carboxylic acids is 1. The van der Waals surface area contributed by atoms with Gasteiger partial charge in [0.15, 0.2) is 0 Å². The van der Waals surface area contributed by atoms with Gasteiger partial charge in [0, 0.05) is 0 Å². The van der Waals surface area contributed by atoms with Gasteiger partial charge in [-0.1, -0.05) is 25.1 Å². The number of aliphatic carboxylic acids is 1. The van der Waals surface area contributed by atoms with Crippen molar-refractivity contribution >= 4 is 31.3 Å². The Labute approximate surface area is 143 Å². The zero-order chi connectivity index (χ0) is 16.6. The third-order valence-corrected chi connectivity index (χ3v) is 5.28. The average molecular weight is 366 g/mol. The molecule has 1 aromatic rings. The maximum absolute atomic E-state index is 12.9. The van der Waals surface area contributed by atoms with E-state index in [0.29, 0.717) is 17.4 Å². The first-order valence-corrected chi connectivity index (χ1v) is 8.96. The minimum Gasteiger partial charge on any atom is -0.480 e. The van der Waals surface area contributed by atoms with E-state index in [9.17, 15) is 14.5 Å². The standard InChI is InChI=1S/C15H24NO5P.ClH/c1-4-16-13(15(17)18)11-12-9-7-8-10-14(12)22(19,20-5-2)21-6-3;/h7-10,13,16H,4-6,11H2,1-3H3,(H,17,18);1H/t13-;/m0./s1. The molecule has 0 saturated carbocycles. The Morgan fingerprint density at radius 3 is 2.26 bits per heavy atom. The van der Waals surface area contributed by atoms with Crippen LogP contribution in [0.15, 0.2) is 24.3 Å². The fraction of sp³-hybridized carbons (Fsp3) is 0.533. The van der Waals surface area contributed by atoms with E-state index in [-0.39, 0.29) is 32.0 Å². The molecule has 23 heavy (non-hydrogen) atoms. The smallest absolute Gasteiger partial charge is 0.361 e. The molecule has 0 unspecified atom stereocenters. The number of halogens is 1. The summed E-state index contributed by atoms with van der Waals surface area (Å²) in [6.07, 6.45) is 0.212. The zero-order valence-electron chi connectivity index (χ0n) is 13.7. The fourth-order valence-corrected chi connectivity index (χ4v) is 4.00. The Kier molecular flexibility index (Phi) is 10.4. The highest BCUT2D eigenvalue weighted by Gasteiger charge is 2.30. The number of hydrogen-bond donors (Lipinski definition) is 2. The van der Waals surface area contributed by atoms with Crippen LogP contribution in [-0.2, 0) is 24.8 Å². The maximum atomic E-state index is 12.9. The molecule has 0 radical (unpaired) electrons. The molecule has 1 atom stereocenters. The minimum absolute atomic E-state index is 0. The molecular weight excluding hydrogens is 341 g/mol. The van der Waals surface area contributed by atoms with Crippen molar-refractivity contribution in [2.24, 2.45) is 0 Å². The van der Waals surface area contributed by atoms with Gasteiger partial charge in [0.25, 0.3) is 0 Å². The Bertz CT molecular complexity index is 530. The van der Waals surface area contributed by atoms with Gasteiger partial charge < -0.3 is 19.5 Å². The van der Waals surface area contributed by atoms with Crippen molar-refractivity contribution in [3.8, 4) is 0 Å². The molecule has 0 fully saturated rings. The molecule has 0 aliphatic rings. The van der Waals surface area contributed by atoms with Crippen molar-refractivity contribution in [1.29, 1.82) is 0 Å². The summed E-state index contributed by atoms with van der Waals surface area (Å²) in [6.45, 7) is 6.36. The van der Waals surface area contributed by atoms with Gasteiger partial charge in [-0.2, -0.15) is 0 Å². The van der Waals surface area contributed by atoms with Crippen LogP contribution in [-0.4, -0.2) is 36.9 Å². The van der Waals surface area contributed by atoms with E-state index in [1.54, 1.807) is 38.1 Å². The number of rotatable bonds is 10. The maximum Gasteiger partial charge on any atom is 0.361 e. The third kappa shape index (κ3) is 6.24. The predicted molar refractivity (Wildman–Crippen MR) is 93.0 cm³/mol. The van der Waals surface area contributed by atoms with Crippen molar-refractivity contribution in [3.05, 3.63) is 29.8 Å². The van der Waals surface area contributed by atoms with Crippen LogP contribution in [0.3, 0.4) is 0 Å². The molecule has 6 nitrogen and oxygen atoms in total. The van der Waals surface area contributed by atoms with Crippen molar-refractivity contribution in [1.82, 2.24) is 5.32 Å². The van der Waals surface area contributed by atoms with E-state index < -0.39 is 19.6 Å². The first-order chi connectivity index (χ1) is 10.5. The van der Waals surface area contributed by atoms with E-state index in [4.69, 9.17) is 9.05 Å². The Morgan fingerprint density at radius 2 is 1.78 bits per heavy atom. The van der Waals surface area contributed by atoms with E-state index in [1.165, 1.54) is 0 Å². The predicted octanol–water partition coefficient (Wildman–Crippen LogP) is 2.61. The Balaban J connectivity index is 0.00000484. The number of likely N-dealkylation sites (N-methyl/N-ethyl adjacent to an activating group) is 1. The van der Waals surface area contributed by atoms with Crippen LogP contribution in [0.25, 0.3) is 0 Å². The molecule has 0 heterocycles. The van der Waals surface area contributed by atoms with Gasteiger partial charge in [-0.3, -0.25) is 9.36 Å². The first kappa shape index (κ1) is 22.1. The lowest BCUT2D eigenvalue weighted by atomic mass is 10.1. The highest BCUT2D eigenvalue weighted by atomic mass is 35.5. The van der Waals surface area contributed by atoms with Gasteiger partial charge in [-0.25, -0.2) is 0 Å². The lowest BCUT2D eigenvalue weighted by molar-refractivity contribution is -0.139. The first-order valence-electron chi connectivity index (χ1n) is 7.42. The van der Waals surface area contributed by atoms with Crippen molar-refractivity contribution in [2.75, 3.05) is 19.8 Å². The van der Waals surface area contributed by atoms with Crippen molar-refractivity contribution in [2.45, 2.75) is 33.2 Å². The molecule has 8 heteroatoms. The monoisotopic (exact) mass is 365 g/mol. The van der Waals surface area contributed by atoms with Gasteiger partial charge >= 0.3 is 13.6 Å². The lowest BCUT2D eigenvalue weighted by Crippen LogP contribution is -2.39. The molecule has 0 spiro atoms. The van der Waals surface area contributed by atoms with Crippen LogP contribution in [0.1, 0.15) is 26.3 Å². The Hall–Kier alpha value is -0.910. The topological polar surface area (TPSA) is 84.9 Å². The summed E-state index contributed by atoms with van der Waals surface area (Å²) >= 11 is 0. The number of nitrogens with one attached hydrogen (secondary N) is 1. The highest BCUT2D eigenvalue weighted by molar-refractivity contribution is 7.62. The van der Waals surface area contributed by atoms with Crippen molar-refractivity contribution in [3.63, 3.8) is 0 Å². The molecule has 132 valence electrons. The summed E-state index contributed by atoms with van der Waals surface area (Å²) in [4.78, 5) is 11.3. The van der Waals surface area contributed by atoms with Crippen LogP contribution in [0.4, 0.5) is 0 Å². The third-order valence-electron chi connectivity index (χ3n) is 3.06. The second-order valence-electron chi connectivity index (χ2n) is 4.61. The van der Waals surface area contributed by atoms with Crippen LogP contribution in [0, 0.1) is 0 Å². The van der Waals surface area contributed by atoms with Crippen LogP contribution >= 0.6 is 20.0 Å². The molecule has 0 aromatic heterocycles. The van der Waals surface area contributed by atoms with Crippen molar-refractivity contribution < 1.29 is 23.5 Å². The SMILES string of the molecule is CCN[C@@H](Cc1ccccc1P(=O)(OCC)OCC)C(=O)O.Cl. The van der Waals surface area contributed by atoms with E-state index in [2.05, 4.69) is 5.32 Å². The lowest BCUT2D eigenvalue weighted by Gasteiger charge is -2.21. The quantitative estimate of drug-likeness (QED) is 0.620. The van der Waals surface area contributed by atoms with Gasteiger partial charge in [0.05, 0.1) is 18.5 Å². The summed E-state index contributed by atoms with van der Waals surface area (Å²) in [5.41, 5.74) is 0.654. The molecule has 0 aliphatic heterocycles. The van der Waals surface area contributed by atoms with E-state index in [1.807, 2.05) is 6.92 Å². The van der Waals surface area contributed by atoms with E-state index in [0.717, 1.165) is 0 Å². The molecule has 0 aliphatic carbocycles. The van der Waals surface area contributed by atoms with Gasteiger partial charge in [0.1, 0.15) is 6.04 Å². The zero-order valence-corrected chi connectivity index (χ0v) is 15.4. The van der Waals surface area contributed by atoms with Crippen LogP contribution in [0.2, 0.25) is 0 Å². The van der Waals surface area contributed by atoms with Crippen LogP contribution in [0.5, 0.6) is 0 Å². The molecule has 1 rings (SSSR count). The number of benzene rings is 1. The number of carbonyl (C=O) groups is 1. The van der Waals surface area contributed by atoms with Gasteiger partial charge in [-0.15, -0.1) is 12.4 Å². The largest absolute Gasteiger partial charge is 0.480 e. The number of carboxylic acid groups (broad SMARTS) is 1. The molecule has 2 N–H and O–H groups in total. The average Bonchev–Trinajstić information content (AvgIpc) is 2.47. The summed E-state index contributed by atoms with van der Waals surface area (Å²) in [7, 11) is -3.44. The Morgan fingerprint density at radius 1 is 1.22 bits per heavy atom. The molecular formula is C15H25ClNO5P. The minimum atomic E-state index is -3.44. The fourth-order valence-electron chi connectivity index (χ4n) is 2.18. The highest BCUT2D eigenvalue weighted by Crippen LogP contribution is 2.47. The summed E-state index contributed by atoms with van der Waals surface area (Å²) < 4.78 is 23.7. The van der Waals surface area contributed by atoms with Crippen LogP contribution < -0.4 is 10.6 Å². The summed E-state index contributed by atoms with van der Waals surface area (Å²) in [6, 6.07) is 6.21. The summed E-state index contributed by atoms with van der Waals surface area (Å²) in [5, 5.41) is 12.6. The van der Waals surface area contributed by atoms with Gasteiger partial charge in [0.2, 0.25) is 0 Å². The second kappa shape index (κ2) is 10.8. The van der Waals surface area contributed by atoms with E-state index >= 15 is 0 Å². The summed E-state index contributed by atoms with van der Waals surface area (Å²) in [5.74, 6) is -0.945. The van der Waals surface area contributed by atoms with Gasteiger partial charge in [-0.05, 0) is 38.4 Å². The number of hydrogen-bond acceptors (Lipinski definition) is 5. The second-order valence-corrected chi connectivity index (χ2v) is 6.61. The molecule has 0 saturated heterocycles.